The summed E-state index contributed by atoms with van der Waals surface area (Å²) in [6.07, 6.45) is 2.13. The van der Waals surface area contributed by atoms with Gasteiger partial charge < -0.3 is 4.57 Å². The summed E-state index contributed by atoms with van der Waals surface area (Å²) in [6.45, 7) is 10.7. The van der Waals surface area contributed by atoms with E-state index in [1.165, 1.54) is 16.7 Å². The second-order valence-corrected chi connectivity index (χ2v) is 9.57. The third-order valence-electron chi connectivity index (χ3n) is 6.42. The molecule has 4 rings (SSSR count). The molecule has 0 saturated carbocycles. The van der Waals surface area contributed by atoms with E-state index in [0.29, 0.717) is 5.69 Å². The van der Waals surface area contributed by atoms with Crippen molar-refractivity contribution in [3.63, 3.8) is 0 Å². The van der Waals surface area contributed by atoms with Crippen LogP contribution < -0.4 is 10.4 Å². The van der Waals surface area contributed by atoms with Crippen LogP contribution in [0.2, 0.25) is 0 Å². The predicted molar refractivity (Wildman–Crippen MR) is 138 cm³/mol. The number of hydrogen-bond acceptors (Lipinski definition) is 3. The highest BCUT2D eigenvalue weighted by atomic mass is 32.1. The molecule has 5 nitrogen and oxygen atoms in total. The van der Waals surface area contributed by atoms with Crippen molar-refractivity contribution in [1.82, 2.24) is 13.9 Å². The van der Waals surface area contributed by atoms with E-state index >= 15 is 0 Å². The molecule has 0 N–H and O–H groups in total. The van der Waals surface area contributed by atoms with Crippen molar-refractivity contribution in [3.8, 4) is 16.9 Å². The molecule has 2 aromatic carbocycles. The van der Waals surface area contributed by atoms with Crippen molar-refractivity contribution in [2.75, 3.05) is 0 Å². The lowest BCUT2D eigenvalue weighted by atomic mass is 10.0. The number of rotatable bonds is 6. The number of hydrogen-bond donors (Lipinski definition) is 0. The van der Waals surface area contributed by atoms with E-state index in [0.717, 1.165) is 34.7 Å². The van der Waals surface area contributed by atoms with Crippen LogP contribution in [0.1, 0.15) is 49.6 Å². The van der Waals surface area contributed by atoms with Crippen molar-refractivity contribution >= 4 is 17.0 Å². The van der Waals surface area contributed by atoms with E-state index in [1.807, 2.05) is 49.0 Å². The Morgan fingerprint density at radius 1 is 1.03 bits per heavy atom. The van der Waals surface area contributed by atoms with Gasteiger partial charge in [0.15, 0.2) is 10.5 Å². The fourth-order valence-electron chi connectivity index (χ4n) is 4.26. The normalized spacial score (nSPS) is 13.0. The number of aryl methyl sites for hydroxylation is 2. The van der Waals surface area contributed by atoms with Crippen LogP contribution in [0, 0.1) is 20.8 Å². The molecular formula is C27H32N4OS. The Balaban J connectivity index is 1.93. The minimum atomic E-state index is -0.1000. The number of benzene rings is 2. The lowest BCUT2D eigenvalue weighted by Crippen LogP contribution is -2.21. The van der Waals surface area contributed by atoms with Gasteiger partial charge in [-0.1, -0.05) is 43.7 Å². The zero-order chi connectivity index (χ0) is 23.7. The van der Waals surface area contributed by atoms with E-state index in [9.17, 15) is 4.79 Å². The SMILES string of the molecule is CCCC(C)n1c(-c2ccc(C)c(C)c2)csc1=Nc1c(C)n(C)n(-c2ccccc2)c1=O. The van der Waals surface area contributed by atoms with Gasteiger partial charge in [-0.2, -0.15) is 0 Å². The van der Waals surface area contributed by atoms with Gasteiger partial charge in [0.2, 0.25) is 0 Å². The first-order valence-corrected chi connectivity index (χ1v) is 12.4. The highest BCUT2D eigenvalue weighted by Crippen LogP contribution is 2.27. The Bertz CT molecular complexity index is 1400. The molecule has 0 radical (unpaired) electrons. The summed E-state index contributed by atoms with van der Waals surface area (Å²) in [7, 11) is 1.91. The van der Waals surface area contributed by atoms with Crippen molar-refractivity contribution < 1.29 is 0 Å². The zero-order valence-electron chi connectivity index (χ0n) is 20.3. The monoisotopic (exact) mass is 460 g/mol. The van der Waals surface area contributed by atoms with E-state index in [1.54, 1.807) is 16.0 Å². The summed E-state index contributed by atoms with van der Waals surface area (Å²) in [4.78, 5) is 19.2. The molecule has 1 unspecified atom stereocenters. The lowest BCUT2D eigenvalue weighted by Gasteiger charge is -2.17. The van der Waals surface area contributed by atoms with E-state index in [-0.39, 0.29) is 11.6 Å². The van der Waals surface area contributed by atoms with Crippen LogP contribution in [0.25, 0.3) is 16.9 Å². The maximum Gasteiger partial charge on any atom is 0.297 e. The smallest absolute Gasteiger partial charge is 0.297 e. The summed E-state index contributed by atoms with van der Waals surface area (Å²) in [6, 6.07) is 16.6. The van der Waals surface area contributed by atoms with Crippen LogP contribution in [0.4, 0.5) is 5.69 Å². The first kappa shape index (κ1) is 23.1. The molecule has 0 aliphatic carbocycles. The number of para-hydroxylation sites is 1. The average molecular weight is 461 g/mol. The highest BCUT2D eigenvalue weighted by Gasteiger charge is 2.18. The highest BCUT2D eigenvalue weighted by molar-refractivity contribution is 7.07. The Kier molecular flexibility index (Phi) is 6.56. The summed E-state index contributed by atoms with van der Waals surface area (Å²) in [5, 5.41) is 2.17. The van der Waals surface area contributed by atoms with Gasteiger partial charge in [-0.15, -0.1) is 11.3 Å². The summed E-state index contributed by atoms with van der Waals surface area (Å²) >= 11 is 1.60. The molecule has 0 saturated heterocycles. The molecule has 33 heavy (non-hydrogen) atoms. The Labute approximate surface area is 199 Å². The Morgan fingerprint density at radius 2 is 1.76 bits per heavy atom. The van der Waals surface area contributed by atoms with Gasteiger partial charge in [-0.05, 0) is 69.0 Å². The first-order chi connectivity index (χ1) is 15.8. The molecule has 0 bridgehead atoms. The third-order valence-corrected chi connectivity index (χ3v) is 7.26. The topological polar surface area (TPSA) is 44.2 Å². The molecule has 0 spiro atoms. The quantitative estimate of drug-likeness (QED) is 0.337. The number of aromatic nitrogens is 3. The molecular weight excluding hydrogens is 428 g/mol. The van der Waals surface area contributed by atoms with Gasteiger partial charge in [0, 0.05) is 18.5 Å². The molecule has 1 atom stereocenters. The van der Waals surface area contributed by atoms with Gasteiger partial charge in [0.05, 0.1) is 17.1 Å². The minimum Gasteiger partial charge on any atom is -0.314 e. The lowest BCUT2D eigenvalue weighted by molar-refractivity contribution is 0.495. The van der Waals surface area contributed by atoms with Crippen LogP contribution in [0.5, 0.6) is 0 Å². The summed E-state index contributed by atoms with van der Waals surface area (Å²) < 4.78 is 5.87. The molecule has 6 heteroatoms. The van der Waals surface area contributed by atoms with Crippen molar-refractivity contribution in [2.45, 2.75) is 53.5 Å². The molecule has 4 aromatic rings. The second kappa shape index (κ2) is 9.40. The second-order valence-electron chi connectivity index (χ2n) is 8.73. The molecule has 0 aliphatic rings. The summed E-state index contributed by atoms with van der Waals surface area (Å²) in [5.41, 5.74) is 6.97. The summed E-state index contributed by atoms with van der Waals surface area (Å²) in [5.74, 6) is 0. The van der Waals surface area contributed by atoms with Crippen LogP contribution in [0.15, 0.2) is 63.7 Å². The maximum absolute atomic E-state index is 13.4. The van der Waals surface area contributed by atoms with Crippen LogP contribution in [-0.4, -0.2) is 13.9 Å². The maximum atomic E-state index is 13.4. The fraction of sp³-hybridized carbons (Fsp3) is 0.333. The van der Waals surface area contributed by atoms with Crippen molar-refractivity contribution in [1.29, 1.82) is 0 Å². The molecule has 2 heterocycles. The zero-order valence-corrected chi connectivity index (χ0v) is 21.1. The van der Waals surface area contributed by atoms with Crippen molar-refractivity contribution in [3.05, 3.63) is 85.9 Å². The largest absolute Gasteiger partial charge is 0.314 e. The van der Waals surface area contributed by atoms with E-state index in [4.69, 9.17) is 4.99 Å². The van der Waals surface area contributed by atoms with Crippen LogP contribution in [-0.2, 0) is 7.05 Å². The van der Waals surface area contributed by atoms with Gasteiger partial charge in [0.1, 0.15) is 0 Å². The van der Waals surface area contributed by atoms with Gasteiger partial charge in [-0.25, -0.2) is 9.67 Å². The van der Waals surface area contributed by atoms with Crippen LogP contribution in [0.3, 0.4) is 0 Å². The van der Waals surface area contributed by atoms with Crippen LogP contribution >= 0.6 is 11.3 Å². The number of thiazole rings is 1. The van der Waals surface area contributed by atoms with E-state index in [2.05, 4.69) is 55.8 Å². The number of nitrogens with zero attached hydrogens (tertiary/aromatic N) is 4. The molecule has 172 valence electrons. The predicted octanol–water partition coefficient (Wildman–Crippen LogP) is 6.22. The Morgan fingerprint density at radius 3 is 2.42 bits per heavy atom. The molecule has 0 aliphatic heterocycles. The fourth-order valence-corrected chi connectivity index (χ4v) is 5.27. The van der Waals surface area contributed by atoms with Gasteiger partial charge in [-0.3, -0.25) is 9.48 Å². The Hall–Kier alpha value is -3.12. The van der Waals surface area contributed by atoms with Gasteiger partial charge in [0.25, 0.3) is 5.56 Å². The molecule has 2 aromatic heterocycles. The average Bonchev–Trinajstić information content (AvgIpc) is 3.31. The van der Waals surface area contributed by atoms with Gasteiger partial charge >= 0.3 is 0 Å². The van der Waals surface area contributed by atoms with E-state index < -0.39 is 0 Å². The standard InChI is InChI=1S/C27H32N4OS/c1-7-11-20(4)30-24(22-15-14-18(2)19(3)16-22)17-33-27(30)28-25-21(5)29(6)31(26(25)32)23-12-9-8-10-13-23/h8-10,12-17,20H,7,11H2,1-6H3. The minimum absolute atomic E-state index is 0.1000. The molecule has 0 fully saturated rings. The van der Waals surface area contributed by atoms with Crippen molar-refractivity contribution in [2.24, 2.45) is 12.0 Å². The third kappa shape index (κ3) is 4.27. The first-order valence-electron chi connectivity index (χ1n) is 11.5. The molecule has 0 amide bonds.